The molecule has 5 rings (SSSR count). The van der Waals surface area contributed by atoms with Gasteiger partial charge in [0.25, 0.3) is 0 Å². The maximum absolute atomic E-state index is 12.8. The van der Waals surface area contributed by atoms with Crippen molar-refractivity contribution in [3.05, 3.63) is 64.2 Å². The van der Waals surface area contributed by atoms with E-state index in [1.807, 2.05) is 34.6 Å². The number of carboxylic acid groups (broad SMARTS) is 1. The van der Waals surface area contributed by atoms with Crippen LogP contribution < -0.4 is 9.80 Å². The van der Waals surface area contributed by atoms with Crippen molar-refractivity contribution in [2.45, 2.75) is 86.0 Å². The number of nitrogens with zero attached hydrogens (tertiary/aromatic N) is 6. The van der Waals surface area contributed by atoms with Crippen molar-refractivity contribution in [3.63, 3.8) is 0 Å². The Bertz CT molecular complexity index is 1580. The van der Waals surface area contributed by atoms with E-state index in [0.29, 0.717) is 29.4 Å². The summed E-state index contributed by atoms with van der Waals surface area (Å²) in [7, 11) is 0. The summed E-state index contributed by atoms with van der Waals surface area (Å²) in [6.45, 7) is 17.2. The number of hydrogen-bond acceptors (Lipinski definition) is 8. The van der Waals surface area contributed by atoms with E-state index < -0.39 is 17.7 Å². The standard InChI is InChI=1S/C34H42N6O3/c1-21-27(24-8-9-25-20-40(15-11-23(25)18-24)32-36-14-10-26(19-35)38-32)29(39-16-12-34(6,7)13-17-39)28(22(2)37-21)30(31(41)42)43-33(3,4)5/h8-10,14,18,30H,11-13,15-17,20H2,1-7H3,(H,41,42)/t30-/m0/s1. The van der Waals surface area contributed by atoms with Gasteiger partial charge in [0, 0.05) is 54.9 Å². The number of nitriles is 1. The number of pyridine rings is 1. The molecule has 4 heterocycles. The number of piperidine rings is 1. The van der Waals surface area contributed by atoms with E-state index in [1.165, 1.54) is 11.1 Å². The van der Waals surface area contributed by atoms with Crippen LogP contribution in [-0.2, 0) is 22.5 Å². The van der Waals surface area contributed by atoms with Gasteiger partial charge in [-0.25, -0.2) is 14.8 Å². The number of anilines is 2. The van der Waals surface area contributed by atoms with Crippen molar-refractivity contribution in [2.75, 3.05) is 29.4 Å². The first-order valence-electron chi connectivity index (χ1n) is 15.0. The zero-order valence-corrected chi connectivity index (χ0v) is 26.4. The Kier molecular flexibility index (Phi) is 8.19. The molecule has 0 unspecified atom stereocenters. The normalized spacial score (nSPS) is 17.3. The quantitative estimate of drug-likeness (QED) is 0.365. The smallest absolute Gasteiger partial charge is 0.337 e. The van der Waals surface area contributed by atoms with Crippen LogP contribution in [0.25, 0.3) is 11.1 Å². The zero-order chi connectivity index (χ0) is 31.1. The molecule has 43 heavy (non-hydrogen) atoms. The summed E-state index contributed by atoms with van der Waals surface area (Å²) < 4.78 is 6.23. The van der Waals surface area contributed by atoms with Crippen molar-refractivity contribution >= 4 is 17.6 Å². The van der Waals surface area contributed by atoms with Gasteiger partial charge in [0.15, 0.2) is 6.10 Å². The Morgan fingerprint density at radius 2 is 1.77 bits per heavy atom. The highest BCUT2D eigenvalue weighted by atomic mass is 16.5. The molecule has 1 saturated heterocycles. The molecule has 2 aliphatic heterocycles. The van der Waals surface area contributed by atoms with E-state index >= 15 is 0 Å². The van der Waals surface area contributed by atoms with Crippen LogP contribution >= 0.6 is 0 Å². The number of ether oxygens (including phenoxy) is 1. The molecule has 0 spiro atoms. The second-order valence-corrected chi connectivity index (χ2v) is 13.5. The summed E-state index contributed by atoms with van der Waals surface area (Å²) in [5.74, 6) is -0.452. The van der Waals surface area contributed by atoms with Gasteiger partial charge in [0.2, 0.25) is 5.95 Å². The molecular weight excluding hydrogens is 540 g/mol. The van der Waals surface area contributed by atoms with Crippen molar-refractivity contribution < 1.29 is 14.6 Å². The monoisotopic (exact) mass is 582 g/mol. The molecule has 0 radical (unpaired) electrons. The third kappa shape index (κ3) is 6.50. The number of benzene rings is 1. The van der Waals surface area contributed by atoms with Crippen LogP contribution in [0.15, 0.2) is 30.5 Å². The third-order valence-electron chi connectivity index (χ3n) is 8.52. The van der Waals surface area contributed by atoms with Crippen LogP contribution in [0, 0.1) is 30.6 Å². The predicted octanol–water partition coefficient (Wildman–Crippen LogP) is 6.16. The molecule has 226 valence electrons. The van der Waals surface area contributed by atoms with Crippen molar-refractivity contribution in [2.24, 2.45) is 5.41 Å². The molecule has 0 aliphatic carbocycles. The number of aromatic nitrogens is 3. The number of aryl methyl sites for hydroxylation is 2. The van der Waals surface area contributed by atoms with Crippen LogP contribution in [0.1, 0.15) is 87.3 Å². The molecule has 0 saturated carbocycles. The molecular formula is C34H42N6O3. The lowest BCUT2D eigenvalue weighted by Gasteiger charge is -2.41. The van der Waals surface area contributed by atoms with E-state index in [2.05, 4.69) is 57.9 Å². The number of hydrogen-bond donors (Lipinski definition) is 1. The fraction of sp³-hybridized carbons (Fsp3) is 0.500. The minimum absolute atomic E-state index is 0.232. The molecule has 9 nitrogen and oxygen atoms in total. The van der Waals surface area contributed by atoms with Crippen LogP contribution in [0.5, 0.6) is 0 Å². The molecule has 9 heteroatoms. The van der Waals surface area contributed by atoms with Crippen LogP contribution in [0.4, 0.5) is 11.6 Å². The second-order valence-electron chi connectivity index (χ2n) is 13.5. The largest absolute Gasteiger partial charge is 0.479 e. The number of aliphatic carboxylic acids is 1. The molecule has 2 aliphatic rings. The average molecular weight is 583 g/mol. The summed E-state index contributed by atoms with van der Waals surface area (Å²) in [6.07, 6.45) is 3.30. The molecule has 3 aromatic rings. The van der Waals surface area contributed by atoms with E-state index in [-0.39, 0.29) is 5.41 Å². The first kappa shape index (κ1) is 30.4. The predicted molar refractivity (Wildman–Crippen MR) is 167 cm³/mol. The van der Waals surface area contributed by atoms with Gasteiger partial charge in [-0.2, -0.15) is 5.26 Å². The molecule has 1 N–H and O–H groups in total. The van der Waals surface area contributed by atoms with Gasteiger partial charge in [0.1, 0.15) is 11.8 Å². The summed E-state index contributed by atoms with van der Waals surface area (Å²) in [5, 5.41) is 19.7. The van der Waals surface area contributed by atoms with Crippen molar-refractivity contribution in [1.82, 2.24) is 15.0 Å². The van der Waals surface area contributed by atoms with Crippen LogP contribution in [0.2, 0.25) is 0 Å². The minimum atomic E-state index is -1.15. The first-order valence-corrected chi connectivity index (χ1v) is 15.0. The van der Waals surface area contributed by atoms with E-state index in [4.69, 9.17) is 9.72 Å². The zero-order valence-electron chi connectivity index (χ0n) is 26.4. The number of rotatable bonds is 6. The van der Waals surface area contributed by atoms with Gasteiger partial charge in [0.05, 0.1) is 11.3 Å². The first-order chi connectivity index (χ1) is 20.3. The number of fused-ring (bicyclic) bond motifs is 1. The summed E-state index contributed by atoms with van der Waals surface area (Å²) in [6, 6.07) is 10.2. The molecule has 1 aromatic carbocycles. The molecule has 0 amide bonds. The molecule has 0 bridgehead atoms. The van der Waals surface area contributed by atoms with Crippen LogP contribution in [0.3, 0.4) is 0 Å². The maximum atomic E-state index is 12.8. The van der Waals surface area contributed by atoms with Gasteiger partial charge >= 0.3 is 5.97 Å². The highest BCUT2D eigenvalue weighted by Crippen LogP contribution is 2.45. The number of carbonyl (C=O) groups is 1. The Balaban J connectivity index is 1.61. The van der Waals surface area contributed by atoms with Gasteiger partial charge in [-0.15, -0.1) is 0 Å². The van der Waals surface area contributed by atoms with Gasteiger partial charge in [-0.3, -0.25) is 4.98 Å². The topological polar surface area (TPSA) is 115 Å². The minimum Gasteiger partial charge on any atom is -0.479 e. The molecule has 1 atom stereocenters. The Morgan fingerprint density at radius 1 is 1.05 bits per heavy atom. The van der Waals surface area contributed by atoms with Crippen molar-refractivity contribution in [1.29, 1.82) is 5.26 Å². The van der Waals surface area contributed by atoms with Crippen molar-refractivity contribution in [3.8, 4) is 17.2 Å². The Morgan fingerprint density at radius 3 is 2.42 bits per heavy atom. The lowest BCUT2D eigenvalue weighted by atomic mass is 9.81. The van der Waals surface area contributed by atoms with Gasteiger partial charge in [-0.1, -0.05) is 32.0 Å². The Labute approximate surface area is 254 Å². The van der Waals surface area contributed by atoms with Crippen LogP contribution in [-0.4, -0.2) is 51.3 Å². The summed E-state index contributed by atoms with van der Waals surface area (Å²) in [5.41, 5.74) is 7.47. The summed E-state index contributed by atoms with van der Waals surface area (Å²) >= 11 is 0. The highest BCUT2D eigenvalue weighted by Gasteiger charge is 2.36. The van der Waals surface area contributed by atoms with E-state index in [9.17, 15) is 15.2 Å². The average Bonchev–Trinajstić information content (AvgIpc) is 2.95. The highest BCUT2D eigenvalue weighted by molar-refractivity contribution is 5.88. The number of carboxylic acids is 1. The maximum Gasteiger partial charge on any atom is 0.337 e. The summed E-state index contributed by atoms with van der Waals surface area (Å²) in [4.78, 5) is 31.0. The lowest BCUT2D eigenvalue weighted by Crippen LogP contribution is -2.39. The third-order valence-corrected chi connectivity index (χ3v) is 8.52. The molecule has 1 fully saturated rings. The SMILES string of the molecule is Cc1nc(C)c([C@H](OC(C)(C)C)C(=O)O)c(N2CCC(C)(C)CC2)c1-c1ccc2c(c1)CCN(c1nccc(C#N)n1)C2. The second kappa shape index (κ2) is 11.6. The fourth-order valence-corrected chi connectivity index (χ4v) is 6.20. The van der Waals surface area contributed by atoms with E-state index in [1.54, 1.807) is 12.3 Å². The van der Waals surface area contributed by atoms with E-state index in [0.717, 1.165) is 61.4 Å². The molecule has 2 aromatic heterocycles. The van der Waals surface area contributed by atoms with Gasteiger partial charge in [-0.05, 0) is 82.1 Å². The van der Waals surface area contributed by atoms with Gasteiger partial charge < -0.3 is 19.6 Å². The lowest BCUT2D eigenvalue weighted by molar-refractivity contribution is -0.160. The fourth-order valence-electron chi connectivity index (χ4n) is 6.20. The Hall–Kier alpha value is -4.03.